The topological polar surface area (TPSA) is 77.5 Å². The first-order valence-corrected chi connectivity index (χ1v) is 13.1. The summed E-state index contributed by atoms with van der Waals surface area (Å²) in [6, 6.07) is 27.1. The summed E-state index contributed by atoms with van der Waals surface area (Å²) in [6.45, 7) is 1.88. The Morgan fingerprint density at radius 1 is 0.615 bits per heavy atom. The molecule has 1 aliphatic heterocycles. The molecule has 2 atom stereocenters. The maximum atomic E-state index is 14.6. The van der Waals surface area contributed by atoms with Crippen molar-refractivity contribution < 1.29 is 23.9 Å². The molecule has 7 rings (SSSR count). The number of rotatable bonds is 2. The van der Waals surface area contributed by atoms with Crippen molar-refractivity contribution in [3.63, 3.8) is 0 Å². The molecule has 4 aromatic carbocycles. The predicted octanol–water partition coefficient (Wildman–Crippen LogP) is 6.39. The van der Waals surface area contributed by atoms with E-state index in [4.69, 9.17) is 16.3 Å². The molecular formula is C33H21ClO5. The van der Waals surface area contributed by atoms with Crippen molar-refractivity contribution in [3.05, 3.63) is 141 Å². The van der Waals surface area contributed by atoms with Gasteiger partial charge in [0.15, 0.2) is 11.6 Å². The van der Waals surface area contributed by atoms with Crippen molar-refractivity contribution in [1.82, 2.24) is 0 Å². The van der Waals surface area contributed by atoms with Crippen LogP contribution in [0.1, 0.15) is 70.1 Å². The summed E-state index contributed by atoms with van der Waals surface area (Å²) in [7, 11) is 0. The second-order valence-corrected chi connectivity index (χ2v) is 10.8. The lowest BCUT2D eigenvalue weighted by atomic mass is 9.59. The van der Waals surface area contributed by atoms with Crippen LogP contribution in [0.3, 0.4) is 0 Å². The van der Waals surface area contributed by atoms with Crippen LogP contribution in [-0.4, -0.2) is 28.7 Å². The maximum absolute atomic E-state index is 14.6. The summed E-state index contributed by atoms with van der Waals surface area (Å²) in [5.41, 5.74) is -1.15. The Morgan fingerprint density at radius 2 is 1.13 bits per heavy atom. The molecule has 5 nitrogen and oxygen atoms in total. The van der Waals surface area contributed by atoms with Gasteiger partial charge in [-0.05, 0) is 30.2 Å². The van der Waals surface area contributed by atoms with Crippen LogP contribution in [0.15, 0.2) is 97.1 Å². The van der Waals surface area contributed by atoms with E-state index < -0.39 is 46.2 Å². The second-order valence-electron chi connectivity index (χ2n) is 10.4. The first kappa shape index (κ1) is 23.9. The van der Waals surface area contributed by atoms with Gasteiger partial charge in [0.25, 0.3) is 0 Å². The highest BCUT2D eigenvalue weighted by molar-refractivity contribution is 6.37. The summed E-state index contributed by atoms with van der Waals surface area (Å²) >= 11 is 6.19. The van der Waals surface area contributed by atoms with Gasteiger partial charge in [-0.2, -0.15) is 0 Å². The number of aryl methyl sites for hydroxylation is 1. The van der Waals surface area contributed by atoms with E-state index in [0.717, 1.165) is 5.56 Å². The molecule has 0 N–H and O–H groups in total. The number of ketones is 4. The zero-order valence-electron chi connectivity index (χ0n) is 20.8. The summed E-state index contributed by atoms with van der Waals surface area (Å²) in [4.78, 5) is 58.0. The SMILES string of the molecule is Cc1cccc([C@H]2C3(O[C@H](c4ccc(Cl)cc4)C24C(=O)c2ccccc2C4=O)C(=O)c2ccccc2C3=O)c1. The molecule has 1 saturated heterocycles. The average molecular weight is 533 g/mol. The normalized spacial score (nSPS) is 22.1. The molecule has 190 valence electrons. The number of carbonyl (C=O) groups is 4. The molecular weight excluding hydrogens is 512 g/mol. The third kappa shape index (κ3) is 2.89. The second kappa shape index (κ2) is 8.15. The average Bonchev–Trinajstić information content (AvgIpc) is 3.47. The quantitative estimate of drug-likeness (QED) is 0.280. The molecule has 2 spiro atoms. The fraction of sp³-hybridized carbons (Fsp3) is 0.152. The third-order valence-corrected chi connectivity index (χ3v) is 8.64. The van der Waals surface area contributed by atoms with E-state index in [2.05, 4.69) is 0 Å². The number of halogens is 1. The van der Waals surface area contributed by atoms with Crippen LogP contribution in [0.5, 0.6) is 0 Å². The number of carbonyl (C=O) groups excluding carboxylic acids is 4. The van der Waals surface area contributed by atoms with Crippen molar-refractivity contribution in [2.24, 2.45) is 5.41 Å². The molecule has 2 aliphatic carbocycles. The minimum Gasteiger partial charge on any atom is -0.348 e. The highest BCUT2D eigenvalue weighted by Crippen LogP contribution is 2.67. The molecule has 1 heterocycles. The van der Waals surface area contributed by atoms with Crippen molar-refractivity contribution in [1.29, 1.82) is 0 Å². The number of Topliss-reactive ketones (excluding diaryl/α,β-unsaturated/α-hetero) is 4. The minimum absolute atomic E-state index is 0.225. The Morgan fingerprint density at radius 3 is 1.64 bits per heavy atom. The monoisotopic (exact) mass is 532 g/mol. The zero-order valence-corrected chi connectivity index (χ0v) is 21.6. The molecule has 39 heavy (non-hydrogen) atoms. The van der Waals surface area contributed by atoms with E-state index in [9.17, 15) is 19.2 Å². The van der Waals surface area contributed by atoms with Crippen molar-refractivity contribution in [2.45, 2.75) is 24.5 Å². The van der Waals surface area contributed by atoms with Crippen LogP contribution in [-0.2, 0) is 4.74 Å². The van der Waals surface area contributed by atoms with Crippen molar-refractivity contribution in [3.8, 4) is 0 Å². The van der Waals surface area contributed by atoms with Gasteiger partial charge in [0.1, 0.15) is 11.5 Å². The van der Waals surface area contributed by atoms with Gasteiger partial charge in [-0.25, -0.2) is 0 Å². The molecule has 0 amide bonds. The summed E-state index contributed by atoms with van der Waals surface area (Å²) in [5, 5.41) is 0.462. The molecule has 0 saturated carbocycles. The van der Waals surface area contributed by atoms with E-state index in [1.165, 1.54) is 0 Å². The minimum atomic E-state index is -2.10. The molecule has 0 bridgehead atoms. The van der Waals surface area contributed by atoms with Crippen LogP contribution in [0.4, 0.5) is 0 Å². The highest BCUT2D eigenvalue weighted by atomic mass is 35.5. The predicted molar refractivity (Wildman–Crippen MR) is 145 cm³/mol. The number of hydrogen-bond donors (Lipinski definition) is 0. The Labute approximate surface area is 229 Å². The maximum Gasteiger partial charge on any atom is 0.204 e. The largest absolute Gasteiger partial charge is 0.348 e. The van der Waals surface area contributed by atoms with Gasteiger partial charge in [-0.3, -0.25) is 19.2 Å². The van der Waals surface area contributed by atoms with Crippen molar-refractivity contribution in [2.75, 3.05) is 0 Å². The van der Waals surface area contributed by atoms with E-state index >= 15 is 0 Å². The lowest BCUT2D eigenvalue weighted by Crippen LogP contribution is -2.51. The van der Waals surface area contributed by atoms with Crippen molar-refractivity contribution >= 4 is 34.7 Å². The Kier molecular flexibility index (Phi) is 5.00. The van der Waals surface area contributed by atoms with Gasteiger partial charge >= 0.3 is 0 Å². The number of hydrogen-bond acceptors (Lipinski definition) is 5. The van der Waals surface area contributed by atoms with Gasteiger partial charge in [-0.15, -0.1) is 0 Å². The smallest absolute Gasteiger partial charge is 0.204 e. The first-order chi connectivity index (χ1) is 18.8. The standard InChI is InChI=1S/C33H21ClO5/c1-18-7-6-8-20(17-18)26-32(27(35)22-9-2-3-10-23(22)28(32)36)31(19-13-15-21(34)16-14-19)39-33(26)29(37)24-11-4-5-12-25(24)30(33)38/h2-17,26,31H,1H3/t26-,31-/m1/s1. The van der Waals surface area contributed by atoms with Gasteiger partial charge in [0.05, 0.1) is 5.92 Å². The van der Waals surface area contributed by atoms with Crippen LogP contribution in [0, 0.1) is 12.3 Å². The summed E-state index contributed by atoms with van der Waals surface area (Å²) in [6.07, 6.45) is -1.21. The van der Waals surface area contributed by atoms with E-state index in [1.807, 2.05) is 19.1 Å². The summed E-state index contributed by atoms with van der Waals surface area (Å²) in [5.74, 6) is -3.19. The Bertz CT molecular complexity index is 1680. The highest BCUT2D eigenvalue weighted by Gasteiger charge is 2.79. The molecule has 0 unspecified atom stereocenters. The van der Waals surface area contributed by atoms with E-state index in [0.29, 0.717) is 16.1 Å². The molecule has 3 aliphatic rings. The van der Waals surface area contributed by atoms with E-state index in [-0.39, 0.29) is 22.3 Å². The lowest BCUT2D eigenvalue weighted by molar-refractivity contribution is -0.0210. The number of ether oxygens (including phenoxy) is 1. The zero-order chi connectivity index (χ0) is 27.1. The number of fused-ring (bicyclic) bond motifs is 2. The molecule has 4 aromatic rings. The van der Waals surface area contributed by atoms with Gasteiger partial charge in [0.2, 0.25) is 17.2 Å². The molecule has 0 aromatic heterocycles. The van der Waals surface area contributed by atoms with Gasteiger partial charge in [0, 0.05) is 27.3 Å². The molecule has 1 fully saturated rings. The van der Waals surface area contributed by atoms with Crippen LogP contribution in [0.25, 0.3) is 0 Å². The third-order valence-electron chi connectivity index (χ3n) is 8.39. The van der Waals surface area contributed by atoms with Gasteiger partial charge < -0.3 is 4.74 Å². The van der Waals surface area contributed by atoms with E-state index in [1.54, 1.807) is 84.9 Å². The van der Waals surface area contributed by atoms with Crippen LogP contribution < -0.4 is 0 Å². The lowest BCUT2D eigenvalue weighted by Gasteiger charge is -2.34. The Balaban J connectivity index is 1.60. The Hall–Kier alpha value is -4.19. The van der Waals surface area contributed by atoms with Gasteiger partial charge in [-0.1, -0.05) is 102 Å². The fourth-order valence-electron chi connectivity index (χ4n) is 6.81. The fourth-order valence-corrected chi connectivity index (χ4v) is 6.94. The first-order valence-electron chi connectivity index (χ1n) is 12.7. The number of benzene rings is 4. The molecule has 0 radical (unpaired) electrons. The van der Waals surface area contributed by atoms with Crippen LogP contribution in [0.2, 0.25) is 5.02 Å². The van der Waals surface area contributed by atoms with Crippen LogP contribution >= 0.6 is 11.6 Å². The summed E-state index contributed by atoms with van der Waals surface area (Å²) < 4.78 is 6.68. The molecule has 6 heteroatoms.